The molecule has 0 spiro atoms. The molecule has 4 rings (SSSR count). The molecule has 2 aliphatic heterocycles. The van der Waals surface area contributed by atoms with Crippen molar-refractivity contribution in [2.24, 2.45) is 0 Å². The molecule has 0 radical (unpaired) electrons. The van der Waals surface area contributed by atoms with E-state index in [4.69, 9.17) is 0 Å². The topological polar surface area (TPSA) is 77.1 Å². The van der Waals surface area contributed by atoms with Crippen LogP contribution in [0.1, 0.15) is 16.8 Å². The summed E-state index contributed by atoms with van der Waals surface area (Å²) in [5.41, 5.74) is 0.407. The zero-order valence-electron chi connectivity index (χ0n) is 11.5. The number of alkyl halides is 3. The quantitative estimate of drug-likeness (QED) is 0.589. The summed E-state index contributed by atoms with van der Waals surface area (Å²) >= 11 is 2.35. The fraction of sp³-hybridized carbons (Fsp3) is 0.167. The maximum atomic E-state index is 13.2. The summed E-state index contributed by atoms with van der Waals surface area (Å²) in [6.07, 6.45) is -4.65. The molecule has 1 aromatic heterocycles. The van der Waals surface area contributed by atoms with E-state index >= 15 is 0 Å². The van der Waals surface area contributed by atoms with Gasteiger partial charge in [0.2, 0.25) is 5.16 Å². The van der Waals surface area contributed by atoms with Crippen molar-refractivity contribution in [2.45, 2.75) is 16.7 Å². The van der Waals surface area contributed by atoms with Crippen LogP contribution in [0.3, 0.4) is 0 Å². The Balaban J connectivity index is 1.78. The lowest BCUT2D eigenvalue weighted by atomic mass is 10.2. The number of nitrogens with zero attached hydrogens (tertiary/aromatic N) is 5. The SMILES string of the molecule is O=[N+]([O-])c1cccc(C2SC=C3Sc4nnc(C(F)(F)F)n4N32)c1. The Labute approximate surface area is 140 Å². The van der Waals surface area contributed by atoms with Gasteiger partial charge in [-0.25, -0.2) is 4.68 Å². The summed E-state index contributed by atoms with van der Waals surface area (Å²) in [4.78, 5) is 10.4. The van der Waals surface area contributed by atoms with Crippen molar-refractivity contribution < 1.29 is 18.1 Å². The Morgan fingerprint density at radius 3 is 2.79 bits per heavy atom. The van der Waals surface area contributed by atoms with Gasteiger partial charge in [-0.3, -0.25) is 15.1 Å². The number of aromatic nitrogens is 3. The molecule has 3 heterocycles. The van der Waals surface area contributed by atoms with E-state index in [0.29, 0.717) is 10.6 Å². The first-order valence-electron chi connectivity index (χ1n) is 6.46. The molecule has 0 saturated carbocycles. The van der Waals surface area contributed by atoms with Gasteiger partial charge in [0.05, 0.1) is 4.92 Å². The number of halogens is 3. The predicted octanol–water partition coefficient (Wildman–Crippen LogP) is 3.49. The second kappa shape index (κ2) is 5.14. The van der Waals surface area contributed by atoms with Crippen molar-refractivity contribution in [1.29, 1.82) is 0 Å². The first-order chi connectivity index (χ1) is 11.4. The lowest BCUT2D eigenvalue weighted by Gasteiger charge is -2.26. The fourth-order valence-corrected chi connectivity index (χ4v) is 4.65. The molecule has 12 heteroatoms. The molecule has 24 heavy (non-hydrogen) atoms. The van der Waals surface area contributed by atoms with Crippen LogP contribution < -0.4 is 5.01 Å². The van der Waals surface area contributed by atoms with E-state index in [1.165, 1.54) is 35.0 Å². The minimum absolute atomic E-state index is 0.115. The van der Waals surface area contributed by atoms with Gasteiger partial charge < -0.3 is 0 Å². The van der Waals surface area contributed by atoms with Crippen molar-refractivity contribution in [3.05, 3.63) is 56.2 Å². The standard InChI is InChI=1S/C12H6F3N5O2S2/c13-12(14,15)10-16-17-11-19(10)18-8(24-11)5-23-9(18)6-2-1-3-7(4-6)20(21)22/h1-5,9H. The van der Waals surface area contributed by atoms with E-state index in [9.17, 15) is 23.3 Å². The molecule has 0 N–H and O–H groups in total. The number of hydrogen-bond donors (Lipinski definition) is 0. The second-order valence-electron chi connectivity index (χ2n) is 4.86. The van der Waals surface area contributed by atoms with Crippen LogP contribution in [0, 0.1) is 10.1 Å². The van der Waals surface area contributed by atoms with Crippen molar-refractivity contribution in [2.75, 3.05) is 5.01 Å². The van der Waals surface area contributed by atoms with Crippen molar-refractivity contribution in [3.8, 4) is 0 Å². The van der Waals surface area contributed by atoms with E-state index < -0.39 is 22.3 Å². The summed E-state index contributed by atoms with van der Waals surface area (Å²) in [5, 5.41) is 21.0. The van der Waals surface area contributed by atoms with Crippen LogP contribution in [0.2, 0.25) is 0 Å². The number of nitro benzene ring substituents is 1. The van der Waals surface area contributed by atoms with Crippen LogP contribution in [0.4, 0.5) is 18.9 Å². The lowest BCUT2D eigenvalue weighted by molar-refractivity contribution is -0.384. The molecule has 0 amide bonds. The molecule has 124 valence electrons. The molecule has 1 unspecified atom stereocenters. The minimum Gasteiger partial charge on any atom is -0.258 e. The van der Waals surface area contributed by atoms with E-state index in [1.807, 2.05) is 0 Å². The highest BCUT2D eigenvalue weighted by atomic mass is 32.2. The molecule has 0 saturated heterocycles. The number of thioether (sulfide) groups is 2. The average Bonchev–Trinajstić information content (AvgIpc) is 3.16. The number of rotatable bonds is 2. The average molecular weight is 373 g/mol. The molecule has 7 nitrogen and oxygen atoms in total. The van der Waals surface area contributed by atoms with E-state index in [-0.39, 0.29) is 10.8 Å². The first kappa shape index (κ1) is 15.3. The number of nitro groups is 1. The predicted molar refractivity (Wildman–Crippen MR) is 80.6 cm³/mol. The van der Waals surface area contributed by atoms with Gasteiger partial charge in [0.1, 0.15) is 10.4 Å². The Kier molecular flexibility index (Phi) is 3.28. The zero-order valence-corrected chi connectivity index (χ0v) is 13.1. The molecule has 0 aliphatic carbocycles. The van der Waals surface area contributed by atoms with E-state index in [2.05, 4.69) is 10.2 Å². The largest absolute Gasteiger partial charge is 0.453 e. The Morgan fingerprint density at radius 1 is 1.29 bits per heavy atom. The smallest absolute Gasteiger partial charge is 0.258 e. The third-order valence-electron chi connectivity index (χ3n) is 3.39. The van der Waals surface area contributed by atoms with Gasteiger partial charge in [-0.2, -0.15) is 13.2 Å². The summed E-state index contributed by atoms with van der Waals surface area (Å²) in [7, 11) is 0. The van der Waals surface area contributed by atoms with Gasteiger partial charge in [-0.15, -0.1) is 10.2 Å². The molecule has 1 aromatic carbocycles. The monoisotopic (exact) mass is 373 g/mol. The van der Waals surface area contributed by atoms with Crippen LogP contribution in [0.25, 0.3) is 0 Å². The van der Waals surface area contributed by atoms with Gasteiger partial charge in [0.15, 0.2) is 0 Å². The van der Waals surface area contributed by atoms with Crippen LogP contribution >= 0.6 is 23.5 Å². The van der Waals surface area contributed by atoms with Gasteiger partial charge in [0.25, 0.3) is 11.5 Å². The third-order valence-corrected chi connectivity index (χ3v) is 5.58. The summed E-state index contributed by atoms with van der Waals surface area (Å²) in [6, 6.07) is 5.84. The van der Waals surface area contributed by atoms with E-state index in [1.54, 1.807) is 11.5 Å². The van der Waals surface area contributed by atoms with Crippen molar-refractivity contribution in [3.63, 3.8) is 0 Å². The highest BCUT2D eigenvalue weighted by molar-refractivity contribution is 8.07. The molecule has 0 bridgehead atoms. The Morgan fingerprint density at radius 2 is 2.08 bits per heavy atom. The summed E-state index contributed by atoms with van der Waals surface area (Å²) in [6.45, 7) is 0. The van der Waals surface area contributed by atoms with Gasteiger partial charge in [-0.05, 0) is 17.3 Å². The van der Waals surface area contributed by atoms with Crippen LogP contribution in [0.5, 0.6) is 0 Å². The lowest BCUT2D eigenvalue weighted by Crippen LogP contribution is -2.33. The Hall–Kier alpha value is -2.21. The molecule has 2 aliphatic rings. The molecular weight excluding hydrogens is 367 g/mol. The normalized spacial score (nSPS) is 19.2. The van der Waals surface area contributed by atoms with Gasteiger partial charge in [0, 0.05) is 17.5 Å². The first-order valence-corrected chi connectivity index (χ1v) is 8.22. The maximum absolute atomic E-state index is 13.2. The maximum Gasteiger partial charge on any atom is 0.453 e. The molecule has 2 aromatic rings. The van der Waals surface area contributed by atoms with Crippen LogP contribution in [-0.2, 0) is 6.18 Å². The number of non-ortho nitro benzene ring substituents is 1. The number of benzene rings is 1. The summed E-state index contributed by atoms with van der Waals surface area (Å²) < 4.78 is 40.4. The van der Waals surface area contributed by atoms with Crippen LogP contribution in [-0.4, -0.2) is 19.8 Å². The highest BCUT2D eigenvalue weighted by Gasteiger charge is 2.47. The second-order valence-corrected chi connectivity index (χ2v) is 6.80. The minimum atomic E-state index is -4.65. The van der Waals surface area contributed by atoms with Gasteiger partial charge >= 0.3 is 6.18 Å². The zero-order chi connectivity index (χ0) is 17.1. The molecule has 0 fully saturated rings. The molecule has 1 atom stereocenters. The Bertz CT molecular complexity index is 882. The number of hydrogen-bond acceptors (Lipinski definition) is 7. The molecular formula is C12H6F3N5O2S2. The fourth-order valence-electron chi connectivity index (χ4n) is 2.43. The van der Waals surface area contributed by atoms with Gasteiger partial charge in [-0.1, -0.05) is 23.9 Å². The third kappa shape index (κ3) is 2.24. The number of fused-ring (bicyclic) bond motifs is 3. The van der Waals surface area contributed by atoms with Crippen molar-refractivity contribution in [1.82, 2.24) is 14.9 Å². The van der Waals surface area contributed by atoms with E-state index in [0.717, 1.165) is 16.4 Å². The summed E-state index contributed by atoms with van der Waals surface area (Å²) in [5.74, 6) is -1.12. The highest BCUT2D eigenvalue weighted by Crippen LogP contribution is 2.52. The van der Waals surface area contributed by atoms with Crippen molar-refractivity contribution >= 4 is 29.2 Å². The van der Waals surface area contributed by atoms with Crippen LogP contribution in [0.15, 0.2) is 39.9 Å².